The van der Waals surface area contributed by atoms with Crippen molar-refractivity contribution in [2.45, 2.75) is 19.0 Å². The fraction of sp³-hybridized carbons (Fsp3) is 0.300. The summed E-state index contributed by atoms with van der Waals surface area (Å²) in [6, 6.07) is 4.35. The standard InChI is InChI=1S/C10H7BrClF3O/c11-8-5-6(12)1-2-7(8)9(16)3-4-10(13,14)15/h1-2,5H,3-4H2. The van der Waals surface area contributed by atoms with Gasteiger partial charge in [0.2, 0.25) is 0 Å². The van der Waals surface area contributed by atoms with Crippen LogP contribution in [0, 0.1) is 0 Å². The smallest absolute Gasteiger partial charge is 0.294 e. The van der Waals surface area contributed by atoms with Crippen molar-refractivity contribution in [1.29, 1.82) is 0 Å². The molecule has 0 aromatic heterocycles. The zero-order valence-corrected chi connectivity index (χ0v) is 10.3. The second kappa shape index (κ2) is 5.19. The van der Waals surface area contributed by atoms with Gasteiger partial charge in [0.05, 0.1) is 6.42 Å². The molecule has 0 saturated heterocycles. The Kier molecular flexibility index (Phi) is 4.38. The van der Waals surface area contributed by atoms with Crippen molar-refractivity contribution >= 4 is 33.3 Å². The van der Waals surface area contributed by atoms with Crippen LogP contribution in [0.3, 0.4) is 0 Å². The highest BCUT2D eigenvalue weighted by Crippen LogP contribution is 2.26. The first kappa shape index (κ1) is 13.5. The molecular weight excluding hydrogens is 308 g/mol. The van der Waals surface area contributed by atoms with Gasteiger partial charge in [-0.25, -0.2) is 0 Å². The molecule has 0 fully saturated rings. The minimum absolute atomic E-state index is 0.216. The maximum atomic E-state index is 11.9. The molecule has 0 spiro atoms. The van der Waals surface area contributed by atoms with Crippen LogP contribution in [0.25, 0.3) is 0 Å². The Hall–Kier alpha value is -0.550. The van der Waals surface area contributed by atoms with E-state index in [-0.39, 0.29) is 5.56 Å². The molecule has 0 N–H and O–H groups in total. The van der Waals surface area contributed by atoms with Crippen LogP contribution in [0.4, 0.5) is 13.2 Å². The van der Waals surface area contributed by atoms with Gasteiger partial charge in [0, 0.05) is 21.5 Å². The molecule has 6 heteroatoms. The third kappa shape index (κ3) is 4.14. The van der Waals surface area contributed by atoms with Crippen LogP contribution in [-0.4, -0.2) is 12.0 Å². The number of carbonyl (C=O) groups is 1. The van der Waals surface area contributed by atoms with Crippen LogP contribution in [0.15, 0.2) is 22.7 Å². The molecule has 0 bridgehead atoms. The number of hydrogen-bond donors (Lipinski definition) is 0. The lowest BCUT2D eigenvalue weighted by molar-refractivity contribution is -0.133. The highest BCUT2D eigenvalue weighted by atomic mass is 79.9. The van der Waals surface area contributed by atoms with Gasteiger partial charge in [-0.05, 0) is 34.1 Å². The van der Waals surface area contributed by atoms with Gasteiger partial charge in [-0.1, -0.05) is 11.6 Å². The zero-order valence-electron chi connectivity index (χ0n) is 7.94. The summed E-state index contributed by atoms with van der Waals surface area (Å²) in [5.74, 6) is -0.555. The number of benzene rings is 1. The van der Waals surface area contributed by atoms with Gasteiger partial charge in [0.25, 0.3) is 0 Å². The molecule has 0 unspecified atom stereocenters. The molecule has 0 aliphatic rings. The van der Waals surface area contributed by atoms with E-state index >= 15 is 0 Å². The van der Waals surface area contributed by atoms with Crippen LogP contribution in [0.5, 0.6) is 0 Å². The molecule has 1 aromatic carbocycles. The molecule has 0 aliphatic heterocycles. The lowest BCUT2D eigenvalue weighted by atomic mass is 10.1. The van der Waals surface area contributed by atoms with Crippen molar-refractivity contribution in [3.63, 3.8) is 0 Å². The first-order valence-corrected chi connectivity index (χ1v) is 5.52. The molecule has 88 valence electrons. The minimum Gasteiger partial charge on any atom is -0.294 e. The van der Waals surface area contributed by atoms with E-state index in [2.05, 4.69) is 15.9 Å². The summed E-state index contributed by atoms with van der Waals surface area (Å²) in [7, 11) is 0. The Balaban J connectivity index is 2.74. The number of Topliss-reactive ketones (excluding diaryl/α,β-unsaturated/α-hetero) is 1. The van der Waals surface area contributed by atoms with E-state index in [0.717, 1.165) is 0 Å². The van der Waals surface area contributed by atoms with Crippen molar-refractivity contribution in [1.82, 2.24) is 0 Å². The van der Waals surface area contributed by atoms with E-state index < -0.39 is 24.8 Å². The monoisotopic (exact) mass is 314 g/mol. The van der Waals surface area contributed by atoms with E-state index in [4.69, 9.17) is 11.6 Å². The summed E-state index contributed by atoms with van der Waals surface area (Å²) in [6.45, 7) is 0. The lowest BCUT2D eigenvalue weighted by Gasteiger charge is -2.06. The number of carbonyl (C=O) groups excluding carboxylic acids is 1. The fourth-order valence-electron chi connectivity index (χ4n) is 1.11. The molecular formula is C10H7BrClF3O. The average Bonchev–Trinajstić information content (AvgIpc) is 2.13. The van der Waals surface area contributed by atoms with Crippen LogP contribution >= 0.6 is 27.5 Å². The van der Waals surface area contributed by atoms with Crippen molar-refractivity contribution in [2.24, 2.45) is 0 Å². The number of rotatable bonds is 3. The van der Waals surface area contributed by atoms with Crippen molar-refractivity contribution in [2.75, 3.05) is 0 Å². The van der Waals surface area contributed by atoms with E-state index in [1.165, 1.54) is 18.2 Å². The first-order valence-electron chi connectivity index (χ1n) is 4.34. The molecule has 0 saturated carbocycles. The lowest BCUT2D eigenvalue weighted by Crippen LogP contribution is -2.11. The van der Waals surface area contributed by atoms with Crippen molar-refractivity contribution < 1.29 is 18.0 Å². The van der Waals surface area contributed by atoms with Gasteiger partial charge >= 0.3 is 6.18 Å². The second-order valence-electron chi connectivity index (χ2n) is 3.16. The summed E-state index contributed by atoms with van der Waals surface area (Å²) in [4.78, 5) is 11.5. The van der Waals surface area contributed by atoms with E-state index in [1.807, 2.05) is 0 Å². The van der Waals surface area contributed by atoms with Gasteiger partial charge in [0.1, 0.15) is 0 Å². The van der Waals surface area contributed by atoms with E-state index in [0.29, 0.717) is 9.50 Å². The van der Waals surface area contributed by atoms with Gasteiger partial charge < -0.3 is 0 Å². The van der Waals surface area contributed by atoms with Crippen LogP contribution in [-0.2, 0) is 0 Å². The predicted molar refractivity (Wildman–Crippen MR) is 58.8 cm³/mol. The fourth-order valence-corrected chi connectivity index (χ4v) is 2.01. The summed E-state index contributed by atoms with van der Waals surface area (Å²) in [5.41, 5.74) is 0.216. The summed E-state index contributed by atoms with van der Waals surface area (Å²) < 4.78 is 36.1. The van der Waals surface area contributed by atoms with Crippen molar-refractivity contribution in [3.05, 3.63) is 33.3 Å². The molecule has 0 radical (unpaired) electrons. The highest BCUT2D eigenvalue weighted by molar-refractivity contribution is 9.10. The topological polar surface area (TPSA) is 17.1 Å². The maximum Gasteiger partial charge on any atom is 0.389 e. The molecule has 0 amide bonds. The molecule has 0 atom stereocenters. The number of alkyl halides is 3. The van der Waals surface area contributed by atoms with Crippen LogP contribution in [0.2, 0.25) is 5.02 Å². The van der Waals surface area contributed by atoms with Gasteiger partial charge in [-0.15, -0.1) is 0 Å². The molecule has 0 heterocycles. The van der Waals surface area contributed by atoms with Gasteiger partial charge in [0.15, 0.2) is 5.78 Å². The third-order valence-corrected chi connectivity index (χ3v) is 2.76. The Morgan fingerprint density at radius 2 is 2.00 bits per heavy atom. The normalized spacial score (nSPS) is 11.6. The molecule has 1 nitrogen and oxygen atoms in total. The summed E-state index contributed by atoms with van der Waals surface area (Å²) in [6.07, 6.45) is -5.97. The Labute approximate surface area is 104 Å². The van der Waals surface area contributed by atoms with Gasteiger partial charge in [-0.3, -0.25) is 4.79 Å². The third-order valence-electron chi connectivity index (χ3n) is 1.87. The molecule has 1 aromatic rings. The highest BCUT2D eigenvalue weighted by Gasteiger charge is 2.28. The van der Waals surface area contributed by atoms with E-state index in [1.54, 1.807) is 0 Å². The predicted octanol–water partition coefficient (Wildman–Crippen LogP) is 4.63. The average molecular weight is 316 g/mol. The molecule has 16 heavy (non-hydrogen) atoms. The van der Waals surface area contributed by atoms with Crippen LogP contribution < -0.4 is 0 Å². The quantitative estimate of drug-likeness (QED) is 0.743. The van der Waals surface area contributed by atoms with Crippen LogP contribution in [0.1, 0.15) is 23.2 Å². The minimum atomic E-state index is -4.31. The van der Waals surface area contributed by atoms with Crippen molar-refractivity contribution in [3.8, 4) is 0 Å². The summed E-state index contributed by atoms with van der Waals surface area (Å²) in [5, 5.41) is 0.416. The SMILES string of the molecule is O=C(CCC(F)(F)F)c1ccc(Cl)cc1Br. The summed E-state index contributed by atoms with van der Waals surface area (Å²) >= 11 is 8.73. The number of ketones is 1. The Morgan fingerprint density at radius 3 is 2.50 bits per heavy atom. The van der Waals surface area contributed by atoms with Gasteiger partial charge in [-0.2, -0.15) is 13.2 Å². The van der Waals surface area contributed by atoms with E-state index in [9.17, 15) is 18.0 Å². The zero-order chi connectivity index (χ0) is 12.3. The largest absolute Gasteiger partial charge is 0.389 e. The molecule has 0 aliphatic carbocycles. The Bertz CT molecular complexity index is 404. The maximum absolute atomic E-state index is 11.9. The second-order valence-corrected chi connectivity index (χ2v) is 4.45. The number of hydrogen-bond acceptors (Lipinski definition) is 1. The molecule has 1 rings (SSSR count). The number of halogens is 5. The Morgan fingerprint density at radius 1 is 1.38 bits per heavy atom. The first-order chi connectivity index (χ1) is 7.29.